The number of amides is 1. The molecular formula is C14H16ClNO4S. The molecule has 0 radical (unpaired) electrons. The third kappa shape index (κ3) is 4.84. The highest BCUT2D eigenvalue weighted by atomic mass is 35.5. The fraction of sp³-hybridized carbons (Fsp3) is 0.429. The van der Waals surface area contributed by atoms with Crippen LogP contribution in [-0.2, 0) is 14.3 Å². The summed E-state index contributed by atoms with van der Waals surface area (Å²) in [5.41, 5.74) is 0. The van der Waals surface area contributed by atoms with Crippen LogP contribution in [0.4, 0.5) is 0 Å². The van der Waals surface area contributed by atoms with Crippen molar-refractivity contribution in [3.8, 4) is 0 Å². The summed E-state index contributed by atoms with van der Waals surface area (Å²) in [6.45, 7) is 0.815. The van der Waals surface area contributed by atoms with E-state index in [1.807, 2.05) is 6.07 Å². The average Bonchev–Trinajstić information content (AvgIpc) is 2.88. The number of hydrogen-bond acceptors (Lipinski definition) is 4. The number of rotatable bonds is 5. The molecule has 0 spiro atoms. The van der Waals surface area contributed by atoms with Gasteiger partial charge in [-0.2, -0.15) is 0 Å². The van der Waals surface area contributed by atoms with Crippen LogP contribution in [0.5, 0.6) is 0 Å². The van der Waals surface area contributed by atoms with Crippen molar-refractivity contribution in [1.82, 2.24) is 4.90 Å². The minimum absolute atomic E-state index is 0.0843. The molecule has 0 bridgehead atoms. The maximum absolute atomic E-state index is 12.3. The summed E-state index contributed by atoms with van der Waals surface area (Å²) in [6.07, 6.45) is 4.39. The maximum Gasteiger partial charge on any atom is 0.323 e. The Labute approximate surface area is 131 Å². The van der Waals surface area contributed by atoms with Crippen LogP contribution in [0, 0.1) is 0 Å². The van der Waals surface area contributed by atoms with Gasteiger partial charge in [0.1, 0.15) is 6.54 Å². The van der Waals surface area contributed by atoms with Gasteiger partial charge in [0.2, 0.25) is 5.91 Å². The number of carbonyl (C=O) groups is 2. The number of carboxylic acids is 1. The van der Waals surface area contributed by atoms with Crippen molar-refractivity contribution in [3.63, 3.8) is 0 Å². The molecule has 7 heteroatoms. The Morgan fingerprint density at radius 2 is 2.14 bits per heavy atom. The molecule has 1 aliphatic heterocycles. The molecule has 1 saturated heterocycles. The molecule has 1 aromatic rings. The molecule has 0 aromatic carbocycles. The Morgan fingerprint density at radius 3 is 2.71 bits per heavy atom. The second-order valence-electron chi connectivity index (χ2n) is 4.68. The number of ether oxygens (including phenoxy) is 1. The molecule has 1 aliphatic rings. The van der Waals surface area contributed by atoms with Crippen LogP contribution in [0.2, 0.25) is 4.34 Å². The molecule has 0 atom stereocenters. The molecule has 1 N–H and O–H groups in total. The summed E-state index contributed by atoms with van der Waals surface area (Å²) in [7, 11) is 0. The van der Waals surface area contributed by atoms with Gasteiger partial charge < -0.3 is 14.7 Å². The summed E-state index contributed by atoms with van der Waals surface area (Å²) in [6, 6.07) is 3.48. The van der Waals surface area contributed by atoms with Gasteiger partial charge >= 0.3 is 5.97 Å². The Morgan fingerprint density at radius 1 is 1.43 bits per heavy atom. The van der Waals surface area contributed by atoms with Crippen LogP contribution in [0.25, 0.3) is 6.08 Å². The first-order valence-corrected chi connectivity index (χ1v) is 7.79. The third-order valence-corrected chi connectivity index (χ3v) is 4.40. The Balaban J connectivity index is 2.05. The summed E-state index contributed by atoms with van der Waals surface area (Å²) in [4.78, 5) is 25.5. The van der Waals surface area contributed by atoms with Gasteiger partial charge in [-0.3, -0.25) is 9.59 Å². The predicted molar refractivity (Wildman–Crippen MR) is 81.6 cm³/mol. The van der Waals surface area contributed by atoms with E-state index in [0.29, 0.717) is 30.4 Å². The van der Waals surface area contributed by atoms with Crippen LogP contribution < -0.4 is 0 Å². The minimum Gasteiger partial charge on any atom is -0.480 e. The van der Waals surface area contributed by atoms with Crippen LogP contribution in [0.1, 0.15) is 17.7 Å². The molecule has 114 valence electrons. The number of aliphatic carboxylic acids is 1. The van der Waals surface area contributed by atoms with Gasteiger partial charge in [-0.25, -0.2) is 0 Å². The van der Waals surface area contributed by atoms with E-state index in [1.54, 1.807) is 12.1 Å². The fourth-order valence-corrected chi connectivity index (χ4v) is 3.16. The molecule has 1 amide bonds. The first-order chi connectivity index (χ1) is 10.1. The number of thiophene rings is 1. The Bertz CT molecular complexity index is 537. The zero-order valence-corrected chi connectivity index (χ0v) is 12.9. The lowest BCUT2D eigenvalue weighted by molar-refractivity contribution is -0.145. The highest BCUT2D eigenvalue weighted by Gasteiger charge is 2.26. The Kier molecular flexibility index (Phi) is 5.78. The van der Waals surface area contributed by atoms with E-state index in [2.05, 4.69) is 0 Å². The van der Waals surface area contributed by atoms with Gasteiger partial charge in [0.05, 0.1) is 4.34 Å². The van der Waals surface area contributed by atoms with Crippen LogP contribution in [0.3, 0.4) is 0 Å². The van der Waals surface area contributed by atoms with Gasteiger partial charge in [0.25, 0.3) is 0 Å². The number of halogens is 1. The molecule has 1 fully saturated rings. The molecular weight excluding hydrogens is 314 g/mol. The first-order valence-electron chi connectivity index (χ1n) is 6.60. The van der Waals surface area contributed by atoms with Crippen molar-refractivity contribution in [2.24, 2.45) is 0 Å². The summed E-state index contributed by atoms with van der Waals surface area (Å²) in [5, 5.41) is 8.99. The zero-order valence-electron chi connectivity index (χ0n) is 11.3. The molecule has 2 heterocycles. The number of hydrogen-bond donors (Lipinski definition) is 1. The van der Waals surface area contributed by atoms with Gasteiger partial charge in [-0.1, -0.05) is 11.6 Å². The standard InChI is InChI=1S/C14H16ClNO4S/c15-12-3-1-11(21-12)2-4-13(17)16(9-14(18)19)10-5-7-20-8-6-10/h1-4,10H,5-9H2,(H,18,19)/b4-2+. The van der Waals surface area contributed by atoms with Crippen molar-refractivity contribution >= 4 is 40.9 Å². The maximum atomic E-state index is 12.3. The van der Waals surface area contributed by atoms with Crippen LogP contribution in [-0.4, -0.2) is 47.7 Å². The highest BCUT2D eigenvalue weighted by Crippen LogP contribution is 2.22. The Hall–Kier alpha value is -1.37. The molecule has 21 heavy (non-hydrogen) atoms. The monoisotopic (exact) mass is 329 g/mol. The molecule has 1 aromatic heterocycles. The minimum atomic E-state index is -1.01. The van der Waals surface area contributed by atoms with Gasteiger partial charge in [-0.15, -0.1) is 11.3 Å². The molecule has 0 aliphatic carbocycles. The van der Waals surface area contributed by atoms with E-state index >= 15 is 0 Å². The van der Waals surface area contributed by atoms with Crippen LogP contribution in [0.15, 0.2) is 18.2 Å². The normalized spacial score (nSPS) is 16.2. The lowest BCUT2D eigenvalue weighted by atomic mass is 10.1. The van der Waals surface area contributed by atoms with Crippen molar-refractivity contribution in [3.05, 3.63) is 27.4 Å². The van der Waals surface area contributed by atoms with E-state index in [4.69, 9.17) is 21.4 Å². The van der Waals surface area contributed by atoms with E-state index in [0.717, 1.165) is 4.88 Å². The topological polar surface area (TPSA) is 66.8 Å². The first kappa shape index (κ1) is 16.0. The number of nitrogens with zero attached hydrogens (tertiary/aromatic N) is 1. The number of carbonyl (C=O) groups excluding carboxylic acids is 1. The van der Waals surface area contributed by atoms with Crippen molar-refractivity contribution in [2.75, 3.05) is 19.8 Å². The van der Waals surface area contributed by atoms with E-state index in [-0.39, 0.29) is 18.5 Å². The van der Waals surface area contributed by atoms with Gasteiger partial charge in [0, 0.05) is 30.2 Å². The second-order valence-corrected chi connectivity index (χ2v) is 6.43. The van der Waals surface area contributed by atoms with E-state index < -0.39 is 5.97 Å². The fourth-order valence-electron chi connectivity index (χ4n) is 2.20. The predicted octanol–water partition coefficient (Wildman–Crippen LogP) is 2.51. The summed E-state index contributed by atoms with van der Waals surface area (Å²) in [5.74, 6) is -1.31. The number of carboxylic acid groups (broad SMARTS) is 1. The molecule has 5 nitrogen and oxygen atoms in total. The smallest absolute Gasteiger partial charge is 0.323 e. The molecule has 0 unspecified atom stereocenters. The largest absolute Gasteiger partial charge is 0.480 e. The second kappa shape index (κ2) is 7.59. The molecule has 2 rings (SSSR count). The van der Waals surface area contributed by atoms with Crippen molar-refractivity contribution < 1.29 is 19.4 Å². The zero-order chi connectivity index (χ0) is 15.2. The van der Waals surface area contributed by atoms with E-state index in [9.17, 15) is 9.59 Å². The SMILES string of the molecule is O=C(O)CN(C(=O)/C=C/c1ccc(Cl)s1)C1CCOCC1. The third-order valence-electron chi connectivity index (χ3n) is 3.20. The average molecular weight is 330 g/mol. The lowest BCUT2D eigenvalue weighted by Gasteiger charge is -2.32. The highest BCUT2D eigenvalue weighted by molar-refractivity contribution is 7.17. The summed E-state index contributed by atoms with van der Waals surface area (Å²) < 4.78 is 5.90. The van der Waals surface area contributed by atoms with Gasteiger partial charge in [0.15, 0.2) is 0 Å². The molecule has 0 saturated carbocycles. The lowest BCUT2D eigenvalue weighted by Crippen LogP contribution is -2.45. The van der Waals surface area contributed by atoms with Crippen molar-refractivity contribution in [2.45, 2.75) is 18.9 Å². The summed E-state index contributed by atoms with van der Waals surface area (Å²) >= 11 is 7.19. The van der Waals surface area contributed by atoms with Gasteiger partial charge in [-0.05, 0) is 31.1 Å². The van der Waals surface area contributed by atoms with Crippen molar-refractivity contribution in [1.29, 1.82) is 0 Å². The van der Waals surface area contributed by atoms with Crippen LogP contribution >= 0.6 is 22.9 Å². The quantitative estimate of drug-likeness (QED) is 0.843. The van der Waals surface area contributed by atoms with E-state index in [1.165, 1.54) is 22.3 Å².